The van der Waals surface area contributed by atoms with Crippen LogP contribution in [0.25, 0.3) is 0 Å². The Morgan fingerprint density at radius 3 is 2.69 bits per heavy atom. The summed E-state index contributed by atoms with van der Waals surface area (Å²) < 4.78 is 1.84. The van der Waals surface area contributed by atoms with E-state index in [4.69, 9.17) is 5.11 Å². The van der Waals surface area contributed by atoms with Crippen LogP contribution in [0.3, 0.4) is 0 Å². The Balaban J connectivity index is 3.07. The summed E-state index contributed by atoms with van der Waals surface area (Å²) in [5, 5.41) is 16.0. The highest BCUT2D eigenvalue weighted by molar-refractivity contribution is 9.10. The molecule has 1 aromatic heterocycles. The molecule has 0 saturated carbocycles. The molecule has 0 aliphatic rings. The van der Waals surface area contributed by atoms with Crippen molar-refractivity contribution in [1.82, 2.24) is 9.78 Å². The van der Waals surface area contributed by atoms with Crippen LogP contribution < -0.4 is 10.9 Å². The van der Waals surface area contributed by atoms with Crippen molar-refractivity contribution in [1.29, 1.82) is 0 Å². The molecule has 1 heterocycles. The number of hydrogen-bond acceptors (Lipinski definition) is 4. The van der Waals surface area contributed by atoms with Crippen molar-refractivity contribution in [2.24, 2.45) is 0 Å². The van der Waals surface area contributed by atoms with Gasteiger partial charge in [0.15, 0.2) is 0 Å². The summed E-state index contributed by atoms with van der Waals surface area (Å²) in [6, 6.07) is -0.0967. The molecule has 0 aliphatic heterocycles. The summed E-state index contributed by atoms with van der Waals surface area (Å²) >= 11 is 3.24. The van der Waals surface area contributed by atoms with E-state index in [0.29, 0.717) is 10.2 Å². The van der Waals surface area contributed by atoms with Gasteiger partial charge in [0.25, 0.3) is 5.56 Å². The number of nitrogens with one attached hydrogen (secondary N) is 1. The van der Waals surface area contributed by atoms with Crippen LogP contribution in [0.1, 0.15) is 26.8 Å². The first-order valence-corrected chi connectivity index (χ1v) is 5.91. The van der Waals surface area contributed by atoms with Crippen LogP contribution in [0.2, 0.25) is 0 Å². The molecule has 0 aromatic carbocycles. The lowest BCUT2D eigenvalue weighted by atomic mass is 10.3. The van der Waals surface area contributed by atoms with Crippen molar-refractivity contribution in [2.75, 3.05) is 11.9 Å². The van der Waals surface area contributed by atoms with Gasteiger partial charge in [-0.2, -0.15) is 5.10 Å². The van der Waals surface area contributed by atoms with Crippen molar-refractivity contribution >= 4 is 21.6 Å². The Labute approximate surface area is 103 Å². The number of aromatic nitrogens is 2. The largest absolute Gasteiger partial charge is 0.394 e. The van der Waals surface area contributed by atoms with Gasteiger partial charge in [-0.05, 0) is 36.7 Å². The van der Waals surface area contributed by atoms with Crippen molar-refractivity contribution in [3.05, 3.63) is 21.0 Å². The molecule has 0 aliphatic carbocycles. The first-order chi connectivity index (χ1) is 7.47. The summed E-state index contributed by atoms with van der Waals surface area (Å²) in [7, 11) is 0. The lowest BCUT2D eigenvalue weighted by molar-refractivity contribution is 0.281. The second kappa shape index (κ2) is 5.45. The summed E-state index contributed by atoms with van der Waals surface area (Å²) in [6.07, 6.45) is 1.58. The van der Waals surface area contributed by atoms with Gasteiger partial charge in [-0.3, -0.25) is 4.79 Å². The highest BCUT2D eigenvalue weighted by atomic mass is 79.9. The fourth-order valence-corrected chi connectivity index (χ4v) is 1.62. The van der Waals surface area contributed by atoms with Crippen molar-refractivity contribution < 1.29 is 5.11 Å². The molecule has 0 spiro atoms. The molecule has 16 heavy (non-hydrogen) atoms. The summed E-state index contributed by atoms with van der Waals surface area (Å²) in [4.78, 5) is 11.9. The average molecular weight is 290 g/mol. The molecule has 1 atom stereocenters. The van der Waals surface area contributed by atoms with Gasteiger partial charge in [0.05, 0.1) is 24.5 Å². The Morgan fingerprint density at radius 2 is 2.19 bits per heavy atom. The highest BCUT2D eigenvalue weighted by Gasteiger charge is 2.11. The van der Waals surface area contributed by atoms with Crippen LogP contribution >= 0.6 is 15.9 Å². The predicted molar refractivity (Wildman–Crippen MR) is 66.8 cm³/mol. The fraction of sp³-hybridized carbons (Fsp3) is 0.600. The van der Waals surface area contributed by atoms with Gasteiger partial charge in [0, 0.05) is 6.04 Å². The summed E-state index contributed by atoms with van der Waals surface area (Å²) in [5.41, 5.74) is 0.425. The number of hydrogen-bond donors (Lipinski definition) is 2. The number of rotatable bonds is 4. The Hall–Kier alpha value is -0.880. The molecule has 5 nitrogen and oxygen atoms in total. The zero-order valence-corrected chi connectivity index (χ0v) is 11.2. The first kappa shape index (κ1) is 13.2. The molecule has 0 bridgehead atoms. The molecule has 0 fully saturated rings. The van der Waals surface area contributed by atoms with Crippen LogP contribution in [0, 0.1) is 0 Å². The summed E-state index contributed by atoms with van der Waals surface area (Å²) in [6.45, 7) is 5.61. The standard InChI is InChI=1S/C10H16BrN3O2/c1-6(2)14-10(16)9(11)8(4-12-14)13-7(3)5-15/h4,6-7,13,15H,5H2,1-3H3. The minimum atomic E-state index is -0.176. The fourth-order valence-electron chi connectivity index (χ4n) is 1.22. The van der Waals surface area contributed by atoms with Gasteiger partial charge in [-0.1, -0.05) is 0 Å². The molecular formula is C10H16BrN3O2. The third kappa shape index (κ3) is 2.82. The van der Waals surface area contributed by atoms with Gasteiger partial charge in [-0.15, -0.1) is 0 Å². The lowest BCUT2D eigenvalue weighted by Gasteiger charge is -2.15. The molecule has 90 valence electrons. The topological polar surface area (TPSA) is 67.2 Å². The maximum atomic E-state index is 11.9. The van der Waals surface area contributed by atoms with E-state index in [1.165, 1.54) is 4.68 Å². The molecule has 2 N–H and O–H groups in total. The molecule has 1 aromatic rings. The van der Waals surface area contributed by atoms with Crippen LogP contribution in [0.5, 0.6) is 0 Å². The van der Waals surface area contributed by atoms with Gasteiger partial charge in [-0.25, -0.2) is 4.68 Å². The third-order valence-electron chi connectivity index (χ3n) is 2.11. The second-order valence-corrected chi connectivity index (χ2v) is 4.74. The molecule has 0 saturated heterocycles. The van der Waals surface area contributed by atoms with E-state index in [9.17, 15) is 4.79 Å². The first-order valence-electron chi connectivity index (χ1n) is 5.12. The number of nitrogens with zero attached hydrogens (tertiary/aromatic N) is 2. The van der Waals surface area contributed by atoms with Crippen molar-refractivity contribution in [3.63, 3.8) is 0 Å². The van der Waals surface area contributed by atoms with Gasteiger partial charge in [0.2, 0.25) is 0 Å². The molecule has 0 radical (unpaired) electrons. The Kier molecular flexibility index (Phi) is 4.49. The van der Waals surface area contributed by atoms with Crippen LogP contribution in [-0.4, -0.2) is 27.5 Å². The monoisotopic (exact) mass is 289 g/mol. The SMILES string of the molecule is CC(CO)Nc1cnn(C(C)C)c(=O)c1Br. The molecule has 0 amide bonds. The van der Waals surface area contributed by atoms with Crippen LogP contribution in [-0.2, 0) is 0 Å². The van der Waals surface area contributed by atoms with Gasteiger partial charge in [0.1, 0.15) is 4.47 Å². The molecular weight excluding hydrogens is 274 g/mol. The molecule has 6 heteroatoms. The summed E-state index contributed by atoms with van der Waals surface area (Å²) in [5.74, 6) is 0. The number of aliphatic hydroxyl groups is 1. The number of halogens is 1. The van der Waals surface area contributed by atoms with E-state index in [-0.39, 0.29) is 24.2 Å². The predicted octanol–water partition coefficient (Wildman–Crippen LogP) is 1.38. The second-order valence-electron chi connectivity index (χ2n) is 3.94. The third-order valence-corrected chi connectivity index (χ3v) is 2.87. The van der Waals surface area contributed by atoms with Crippen LogP contribution in [0.15, 0.2) is 15.5 Å². The minimum absolute atomic E-state index is 0.000292. The van der Waals surface area contributed by atoms with Gasteiger partial charge < -0.3 is 10.4 Å². The highest BCUT2D eigenvalue weighted by Crippen LogP contribution is 2.17. The molecule has 1 unspecified atom stereocenters. The zero-order valence-electron chi connectivity index (χ0n) is 9.57. The van der Waals surface area contributed by atoms with Crippen LogP contribution in [0.4, 0.5) is 5.69 Å². The van der Waals surface area contributed by atoms with E-state index in [1.807, 2.05) is 20.8 Å². The quantitative estimate of drug-likeness (QED) is 0.879. The Morgan fingerprint density at radius 1 is 1.56 bits per heavy atom. The van der Waals surface area contributed by atoms with Gasteiger partial charge >= 0.3 is 0 Å². The maximum Gasteiger partial charge on any atom is 0.283 e. The number of aliphatic hydroxyl groups excluding tert-OH is 1. The average Bonchev–Trinajstić information content (AvgIpc) is 2.24. The minimum Gasteiger partial charge on any atom is -0.394 e. The van der Waals surface area contributed by atoms with E-state index in [2.05, 4.69) is 26.3 Å². The van der Waals surface area contributed by atoms with E-state index < -0.39 is 0 Å². The van der Waals surface area contributed by atoms with Crippen molar-refractivity contribution in [3.8, 4) is 0 Å². The van der Waals surface area contributed by atoms with E-state index >= 15 is 0 Å². The Bertz CT molecular complexity index is 417. The van der Waals surface area contributed by atoms with E-state index in [1.54, 1.807) is 6.20 Å². The normalized spacial score (nSPS) is 12.9. The molecule has 1 rings (SSSR count). The lowest BCUT2D eigenvalue weighted by Crippen LogP contribution is -2.28. The maximum absolute atomic E-state index is 11.9. The van der Waals surface area contributed by atoms with E-state index in [0.717, 1.165) is 0 Å². The zero-order chi connectivity index (χ0) is 12.3. The smallest absolute Gasteiger partial charge is 0.283 e. The van der Waals surface area contributed by atoms with Crippen molar-refractivity contribution in [2.45, 2.75) is 32.9 Å². The number of anilines is 1.